The van der Waals surface area contributed by atoms with Crippen molar-refractivity contribution < 1.29 is 14.8 Å². The fourth-order valence-electron chi connectivity index (χ4n) is 2.46. The third-order valence-corrected chi connectivity index (χ3v) is 4.86. The van der Waals surface area contributed by atoms with Gasteiger partial charge in [0, 0.05) is 10.3 Å². The number of fused-ring (bicyclic) bond motifs is 1. The lowest BCUT2D eigenvalue weighted by atomic mass is 10.0. The highest BCUT2D eigenvalue weighted by atomic mass is 32.1. The number of hydrogen-bond donors (Lipinski definition) is 3. The Kier molecular flexibility index (Phi) is 4.59. The van der Waals surface area contributed by atoms with Crippen LogP contribution in [0, 0.1) is 0 Å². The normalized spacial score (nSPS) is 11.9. The minimum atomic E-state index is -0.583. The van der Waals surface area contributed by atoms with Crippen LogP contribution in [0.1, 0.15) is 38.6 Å². The second-order valence-electron chi connectivity index (χ2n) is 5.41. The lowest BCUT2D eigenvalue weighted by Gasteiger charge is -2.14. The number of amides is 2. The van der Waals surface area contributed by atoms with Crippen LogP contribution in [0.3, 0.4) is 0 Å². The van der Waals surface area contributed by atoms with E-state index in [0.29, 0.717) is 10.4 Å². The number of carbonyl (C=O) groups excluding carboxylic acids is 2. The van der Waals surface area contributed by atoms with E-state index in [9.17, 15) is 9.59 Å². The van der Waals surface area contributed by atoms with Crippen molar-refractivity contribution in [2.24, 2.45) is 0 Å². The van der Waals surface area contributed by atoms with Crippen molar-refractivity contribution in [3.8, 4) is 0 Å². The molecule has 0 fully saturated rings. The van der Waals surface area contributed by atoms with Crippen LogP contribution in [0.5, 0.6) is 0 Å². The zero-order valence-electron chi connectivity index (χ0n) is 12.9. The van der Waals surface area contributed by atoms with E-state index in [2.05, 4.69) is 5.32 Å². The van der Waals surface area contributed by atoms with E-state index >= 15 is 0 Å². The topological polar surface area (TPSA) is 78.4 Å². The predicted octanol–water partition coefficient (Wildman–Crippen LogP) is 3.51. The van der Waals surface area contributed by atoms with Gasteiger partial charge >= 0.3 is 0 Å². The molecule has 122 valence electrons. The largest absolute Gasteiger partial charge is 0.345 e. The maximum absolute atomic E-state index is 12.5. The van der Waals surface area contributed by atoms with Crippen LogP contribution < -0.4 is 10.8 Å². The van der Waals surface area contributed by atoms with E-state index in [1.165, 1.54) is 11.3 Å². The zero-order valence-corrected chi connectivity index (χ0v) is 13.8. The van der Waals surface area contributed by atoms with Crippen LogP contribution in [0.2, 0.25) is 0 Å². The van der Waals surface area contributed by atoms with Gasteiger partial charge in [0.05, 0.1) is 10.9 Å². The smallest absolute Gasteiger partial charge is 0.274 e. The summed E-state index contributed by atoms with van der Waals surface area (Å²) < 4.78 is 1.07. The van der Waals surface area contributed by atoms with Crippen LogP contribution in [0.15, 0.2) is 54.6 Å². The molecular formula is C18H16N2O3S. The third kappa shape index (κ3) is 3.29. The van der Waals surface area contributed by atoms with Crippen molar-refractivity contribution in [3.63, 3.8) is 0 Å². The van der Waals surface area contributed by atoms with E-state index in [1.807, 2.05) is 43.3 Å². The molecule has 1 aromatic heterocycles. The van der Waals surface area contributed by atoms with Gasteiger partial charge < -0.3 is 5.32 Å². The summed E-state index contributed by atoms with van der Waals surface area (Å²) in [5.41, 5.74) is 2.72. The summed E-state index contributed by atoms with van der Waals surface area (Å²) in [7, 11) is 0. The van der Waals surface area contributed by atoms with Crippen molar-refractivity contribution >= 4 is 33.2 Å². The molecule has 1 atom stereocenters. The average molecular weight is 340 g/mol. The van der Waals surface area contributed by atoms with Gasteiger partial charge in [0.15, 0.2) is 0 Å². The summed E-state index contributed by atoms with van der Waals surface area (Å²) in [6, 6.07) is 16.2. The molecular weight excluding hydrogens is 324 g/mol. The monoisotopic (exact) mass is 340 g/mol. The van der Waals surface area contributed by atoms with Crippen LogP contribution in [0.4, 0.5) is 0 Å². The Balaban J connectivity index is 1.77. The summed E-state index contributed by atoms with van der Waals surface area (Å²) in [4.78, 5) is 24.6. The first kappa shape index (κ1) is 16.2. The summed E-state index contributed by atoms with van der Waals surface area (Å²) in [6.07, 6.45) is 0. The maximum atomic E-state index is 12.5. The molecule has 1 heterocycles. The minimum Gasteiger partial charge on any atom is -0.345 e. The second-order valence-corrected chi connectivity index (χ2v) is 6.49. The molecule has 6 heteroatoms. The zero-order chi connectivity index (χ0) is 17.1. The van der Waals surface area contributed by atoms with Gasteiger partial charge in [-0.2, -0.15) is 0 Å². The van der Waals surface area contributed by atoms with Gasteiger partial charge in [0.2, 0.25) is 0 Å². The van der Waals surface area contributed by atoms with Crippen molar-refractivity contribution in [1.29, 1.82) is 0 Å². The molecule has 2 aromatic carbocycles. The lowest BCUT2D eigenvalue weighted by Crippen LogP contribution is -2.26. The van der Waals surface area contributed by atoms with Crippen molar-refractivity contribution in [2.45, 2.75) is 13.0 Å². The van der Waals surface area contributed by atoms with E-state index < -0.39 is 5.91 Å². The van der Waals surface area contributed by atoms with E-state index in [-0.39, 0.29) is 11.9 Å². The molecule has 24 heavy (non-hydrogen) atoms. The minimum absolute atomic E-state index is 0.152. The molecule has 5 nitrogen and oxygen atoms in total. The summed E-state index contributed by atoms with van der Waals surface area (Å²) in [6.45, 7) is 1.85. The number of benzene rings is 2. The Bertz CT molecular complexity index is 871. The number of hydroxylamine groups is 1. The van der Waals surface area contributed by atoms with Gasteiger partial charge in [-0.25, -0.2) is 5.48 Å². The Morgan fingerprint density at radius 1 is 1.04 bits per heavy atom. The van der Waals surface area contributed by atoms with Crippen LogP contribution in [-0.2, 0) is 0 Å². The van der Waals surface area contributed by atoms with Crippen LogP contribution in [0.25, 0.3) is 10.1 Å². The fraction of sp³-hybridized carbons (Fsp3) is 0.111. The molecule has 0 unspecified atom stereocenters. The van der Waals surface area contributed by atoms with Crippen molar-refractivity contribution in [3.05, 3.63) is 70.6 Å². The van der Waals surface area contributed by atoms with Gasteiger partial charge in [0.25, 0.3) is 11.8 Å². The Labute approximate surface area is 142 Å². The summed E-state index contributed by atoms with van der Waals surface area (Å²) in [5, 5.41) is 12.7. The fourth-order valence-corrected chi connectivity index (χ4v) is 3.42. The first-order valence-electron chi connectivity index (χ1n) is 7.42. The molecule has 0 saturated heterocycles. The summed E-state index contributed by atoms with van der Waals surface area (Å²) in [5.74, 6) is -0.736. The SMILES string of the molecule is C[C@@H](NC(=O)c1cc2ccccc2s1)c1cccc(C(=O)NO)c1. The van der Waals surface area contributed by atoms with Crippen LogP contribution >= 0.6 is 11.3 Å². The molecule has 0 bridgehead atoms. The number of carbonyl (C=O) groups is 2. The van der Waals surface area contributed by atoms with E-state index in [0.717, 1.165) is 15.6 Å². The summed E-state index contributed by atoms with van der Waals surface area (Å²) >= 11 is 1.45. The predicted molar refractivity (Wildman–Crippen MR) is 93.4 cm³/mol. The van der Waals surface area contributed by atoms with Gasteiger partial charge in [-0.3, -0.25) is 14.8 Å². The third-order valence-electron chi connectivity index (χ3n) is 3.75. The number of hydrogen-bond acceptors (Lipinski definition) is 4. The number of nitrogens with one attached hydrogen (secondary N) is 2. The first-order chi connectivity index (χ1) is 11.6. The molecule has 0 spiro atoms. The molecule has 3 N–H and O–H groups in total. The van der Waals surface area contributed by atoms with E-state index in [4.69, 9.17) is 5.21 Å². The Morgan fingerprint density at radius 2 is 1.83 bits per heavy atom. The van der Waals surface area contributed by atoms with Gasteiger partial charge in [-0.05, 0) is 42.1 Å². The van der Waals surface area contributed by atoms with Crippen LogP contribution in [-0.4, -0.2) is 17.0 Å². The Morgan fingerprint density at radius 3 is 2.58 bits per heavy atom. The van der Waals surface area contributed by atoms with Gasteiger partial charge in [-0.15, -0.1) is 11.3 Å². The molecule has 2 amide bonds. The molecule has 0 aliphatic carbocycles. The molecule has 0 radical (unpaired) electrons. The quantitative estimate of drug-likeness (QED) is 0.502. The van der Waals surface area contributed by atoms with Gasteiger partial charge in [0.1, 0.15) is 0 Å². The Hall–Kier alpha value is -2.70. The lowest BCUT2D eigenvalue weighted by molar-refractivity contribution is 0.0706. The molecule has 3 rings (SSSR count). The van der Waals surface area contributed by atoms with E-state index in [1.54, 1.807) is 23.7 Å². The molecule has 0 aliphatic heterocycles. The highest BCUT2D eigenvalue weighted by Crippen LogP contribution is 2.26. The molecule has 0 aliphatic rings. The average Bonchev–Trinajstić information content (AvgIpc) is 3.05. The highest BCUT2D eigenvalue weighted by Gasteiger charge is 2.15. The first-order valence-corrected chi connectivity index (χ1v) is 8.24. The maximum Gasteiger partial charge on any atom is 0.274 e. The number of rotatable bonds is 4. The highest BCUT2D eigenvalue weighted by molar-refractivity contribution is 7.20. The molecule has 3 aromatic rings. The van der Waals surface area contributed by atoms with Crippen molar-refractivity contribution in [1.82, 2.24) is 10.8 Å². The second kappa shape index (κ2) is 6.82. The van der Waals surface area contributed by atoms with Crippen molar-refractivity contribution in [2.75, 3.05) is 0 Å². The molecule has 0 saturated carbocycles. The standard InChI is InChI=1S/C18H16N2O3S/c1-11(12-6-4-7-14(9-12)17(21)20-23)19-18(22)16-10-13-5-2-3-8-15(13)24-16/h2-11,23H,1H3,(H,19,22)(H,20,21)/t11-/m1/s1. The number of thiophene rings is 1. The van der Waals surface area contributed by atoms with Gasteiger partial charge in [-0.1, -0.05) is 30.3 Å².